The Kier molecular flexibility index (Phi) is 5.97. The summed E-state index contributed by atoms with van der Waals surface area (Å²) in [5.41, 5.74) is 0.792. The van der Waals surface area contributed by atoms with Gasteiger partial charge in [0.1, 0.15) is 0 Å². The zero-order chi connectivity index (χ0) is 12.7. The topological polar surface area (TPSA) is 58.6 Å². The van der Waals surface area contributed by atoms with Gasteiger partial charge in [-0.1, -0.05) is 23.7 Å². The second kappa shape index (κ2) is 7.27. The zero-order valence-electron chi connectivity index (χ0n) is 9.65. The van der Waals surface area contributed by atoms with Gasteiger partial charge in [-0.15, -0.1) is 0 Å². The van der Waals surface area contributed by atoms with Gasteiger partial charge in [-0.3, -0.25) is 4.79 Å². The number of rotatable bonds is 6. The molecule has 0 aromatic heterocycles. The van der Waals surface area contributed by atoms with Crippen molar-refractivity contribution in [3.8, 4) is 0 Å². The molecule has 0 fully saturated rings. The second-order valence-electron chi connectivity index (χ2n) is 3.60. The van der Waals surface area contributed by atoms with Gasteiger partial charge in [0, 0.05) is 18.1 Å². The van der Waals surface area contributed by atoms with E-state index in [0.717, 1.165) is 5.56 Å². The summed E-state index contributed by atoms with van der Waals surface area (Å²) in [7, 11) is 1.35. The predicted molar refractivity (Wildman–Crippen MR) is 65.9 cm³/mol. The van der Waals surface area contributed by atoms with Crippen LogP contribution in [0.15, 0.2) is 24.3 Å². The van der Waals surface area contributed by atoms with Crippen molar-refractivity contribution in [1.29, 1.82) is 0 Å². The number of esters is 1. The summed E-state index contributed by atoms with van der Waals surface area (Å²) < 4.78 is 4.50. The lowest BCUT2D eigenvalue weighted by molar-refractivity contribution is -0.140. The van der Waals surface area contributed by atoms with E-state index in [9.17, 15) is 9.90 Å². The van der Waals surface area contributed by atoms with Crippen molar-refractivity contribution in [3.05, 3.63) is 34.9 Å². The lowest BCUT2D eigenvalue weighted by Crippen LogP contribution is -2.24. The average Bonchev–Trinajstić information content (AvgIpc) is 2.34. The van der Waals surface area contributed by atoms with E-state index in [1.54, 1.807) is 24.3 Å². The number of hydrogen-bond donors (Lipinski definition) is 2. The van der Waals surface area contributed by atoms with E-state index in [1.165, 1.54) is 7.11 Å². The number of aliphatic hydroxyl groups is 1. The van der Waals surface area contributed by atoms with Crippen molar-refractivity contribution in [2.24, 2.45) is 0 Å². The maximum Gasteiger partial charge on any atom is 0.306 e. The minimum Gasteiger partial charge on any atom is -0.469 e. The van der Waals surface area contributed by atoms with Crippen molar-refractivity contribution in [2.75, 3.05) is 20.2 Å². The molecule has 2 N–H and O–H groups in total. The summed E-state index contributed by atoms with van der Waals surface area (Å²) in [5, 5.41) is 13.4. The van der Waals surface area contributed by atoms with Crippen LogP contribution in [0.2, 0.25) is 5.02 Å². The SMILES string of the molecule is COC(=O)CCNCC(O)c1ccc(Cl)cc1. The predicted octanol–water partition coefficient (Wildman–Crippen LogP) is 1.53. The van der Waals surface area contributed by atoms with E-state index in [-0.39, 0.29) is 5.97 Å². The standard InChI is InChI=1S/C12H16ClNO3/c1-17-12(16)6-7-14-8-11(15)9-2-4-10(13)5-3-9/h2-5,11,14-15H,6-8H2,1H3. The third-order valence-electron chi connectivity index (χ3n) is 2.33. The second-order valence-corrected chi connectivity index (χ2v) is 4.03. The first-order valence-corrected chi connectivity index (χ1v) is 5.72. The van der Waals surface area contributed by atoms with E-state index in [4.69, 9.17) is 11.6 Å². The van der Waals surface area contributed by atoms with Crippen LogP contribution in [0.3, 0.4) is 0 Å². The number of ether oxygens (including phenoxy) is 1. The number of halogens is 1. The summed E-state index contributed by atoms with van der Waals surface area (Å²) in [6.07, 6.45) is -0.311. The molecule has 0 saturated carbocycles. The van der Waals surface area contributed by atoms with Crippen molar-refractivity contribution < 1.29 is 14.6 Å². The molecule has 5 heteroatoms. The minimum absolute atomic E-state index is 0.265. The Labute approximate surface area is 106 Å². The maximum atomic E-state index is 10.8. The highest BCUT2D eigenvalue weighted by Gasteiger charge is 2.07. The van der Waals surface area contributed by atoms with Gasteiger partial charge in [0.2, 0.25) is 0 Å². The van der Waals surface area contributed by atoms with Crippen LogP contribution in [-0.2, 0) is 9.53 Å². The average molecular weight is 258 g/mol. The van der Waals surface area contributed by atoms with Crippen LogP contribution in [-0.4, -0.2) is 31.3 Å². The van der Waals surface area contributed by atoms with Gasteiger partial charge in [0.15, 0.2) is 0 Å². The number of hydrogen-bond acceptors (Lipinski definition) is 4. The number of nitrogens with one attached hydrogen (secondary N) is 1. The van der Waals surface area contributed by atoms with Crippen LogP contribution < -0.4 is 5.32 Å². The smallest absolute Gasteiger partial charge is 0.306 e. The lowest BCUT2D eigenvalue weighted by atomic mass is 10.1. The number of aliphatic hydroxyl groups excluding tert-OH is 1. The summed E-state index contributed by atoms with van der Waals surface area (Å²) in [5.74, 6) is -0.265. The highest BCUT2D eigenvalue weighted by atomic mass is 35.5. The molecular formula is C12H16ClNO3. The molecule has 1 aromatic rings. The monoisotopic (exact) mass is 257 g/mol. The molecule has 0 aliphatic rings. The van der Waals surface area contributed by atoms with Gasteiger partial charge in [0.05, 0.1) is 19.6 Å². The third-order valence-corrected chi connectivity index (χ3v) is 2.58. The Morgan fingerprint density at radius 2 is 2.12 bits per heavy atom. The molecule has 94 valence electrons. The van der Waals surface area contributed by atoms with Crippen LogP contribution in [0.4, 0.5) is 0 Å². The molecule has 0 radical (unpaired) electrons. The maximum absolute atomic E-state index is 10.8. The van der Waals surface area contributed by atoms with Crippen molar-refractivity contribution in [2.45, 2.75) is 12.5 Å². The van der Waals surface area contributed by atoms with E-state index >= 15 is 0 Å². The fourth-order valence-corrected chi connectivity index (χ4v) is 1.46. The van der Waals surface area contributed by atoms with Gasteiger partial charge in [0.25, 0.3) is 0 Å². The van der Waals surface area contributed by atoms with Crippen molar-refractivity contribution in [3.63, 3.8) is 0 Å². The summed E-state index contributed by atoms with van der Waals surface area (Å²) >= 11 is 5.75. The molecule has 1 unspecified atom stereocenters. The van der Waals surface area contributed by atoms with Gasteiger partial charge in [-0.2, -0.15) is 0 Å². The summed E-state index contributed by atoms with van der Waals surface area (Å²) in [6.45, 7) is 0.871. The van der Waals surface area contributed by atoms with Gasteiger partial charge >= 0.3 is 5.97 Å². The molecule has 0 aliphatic carbocycles. The van der Waals surface area contributed by atoms with E-state index in [1.807, 2.05) is 0 Å². The number of methoxy groups -OCH3 is 1. The molecule has 0 heterocycles. The fourth-order valence-electron chi connectivity index (χ4n) is 1.33. The first-order valence-electron chi connectivity index (χ1n) is 5.34. The van der Waals surface area contributed by atoms with Gasteiger partial charge in [-0.25, -0.2) is 0 Å². The zero-order valence-corrected chi connectivity index (χ0v) is 10.4. The molecule has 0 bridgehead atoms. The van der Waals surface area contributed by atoms with Crippen LogP contribution in [0, 0.1) is 0 Å². The number of carbonyl (C=O) groups excluding carboxylic acids is 1. The Bertz CT molecular complexity index is 353. The van der Waals surface area contributed by atoms with E-state index in [2.05, 4.69) is 10.1 Å². The number of benzene rings is 1. The Balaban J connectivity index is 2.27. The highest BCUT2D eigenvalue weighted by Crippen LogP contribution is 2.15. The van der Waals surface area contributed by atoms with Gasteiger partial charge in [-0.05, 0) is 17.7 Å². The quantitative estimate of drug-likeness (QED) is 0.599. The van der Waals surface area contributed by atoms with Gasteiger partial charge < -0.3 is 15.2 Å². The lowest BCUT2D eigenvalue weighted by Gasteiger charge is -2.11. The molecule has 1 aromatic carbocycles. The van der Waals surface area contributed by atoms with Crippen molar-refractivity contribution >= 4 is 17.6 Å². The largest absolute Gasteiger partial charge is 0.469 e. The van der Waals surface area contributed by atoms with Crippen LogP contribution >= 0.6 is 11.6 Å². The summed E-state index contributed by atoms with van der Waals surface area (Å²) in [4.78, 5) is 10.8. The molecule has 0 aliphatic heterocycles. The first-order chi connectivity index (χ1) is 8.13. The van der Waals surface area contributed by atoms with E-state index < -0.39 is 6.10 Å². The van der Waals surface area contributed by atoms with Crippen molar-refractivity contribution in [1.82, 2.24) is 5.32 Å². The van der Waals surface area contributed by atoms with Crippen LogP contribution in [0.25, 0.3) is 0 Å². The molecular weight excluding hydrogens is 242 g/mol. The molecule has 0 spiro atoms. The minimum atomic E-state index is -0.607. The Morgan fingerprint density at radius 1 is 1.47 bits per heavy atom. The highest BCUT2D eigenvalue weighted by molar-refractivity contribution is 6.30. The Hall–Kier alpha value is -1.10. The molecule has 1 rings (SSSR count). The third kappa shape index (κ3) is 5.17. The number of carbonyl (C=O) groups is 1. The summed E-state index contributed by atoms with van der Waals surface area (Å²) in [6, 6.07) is 7.01. The normalized spacial score (nSPS) is 12.2. The molecule has 17 heavy (non-hydrogen) atoms. The van der Waals surface area contributed by atoms with Crippen LogP contribution in [0.5, 0.6) is 0 Å². The molecule has 4 nitrogen and oxygen atoms in total. The van der Waals surface area contributed by atoms with E-state index in [0.29, 0.717) is 24.5 Å². The fraction of sp³-hybridized carbons (Fsp3) is 0.417. The molecule has 0 amide bonds. The molecule has 1 atom stereocenters. The Morgan fingerprint density at radius 3 is 2.71 bits per heavy atom. The van der Waals surface area contributed by atoms with Crippen LogP contribution in [0.1, 0.15) is 18.1 Å². The molecule has 0 saturated heterocycles. The first kappa shape index (κ1) is 14.0.